The van der Waals surface area contributed by atoms with Gasteiger partial charge in [-0.05, 0) is 31.6 Å². The van der Waals surface area contributed by atoms with Crippen LogP contribution < -0.4 is 0 Å². The monoisotopic (exact) mass is 138 g/mol. The molecule has 0 aromatic heterocycles. The van der Waals surface area contributed by atoms with E-state index in [4.69, 9.17) is 0 Å². The second-order valence-electron chi connectivity index (χ2n) is 3.36. The summed E-state index contributed by atoms with van der Waals surface area (Å²) in [5.41, 5.74) is 1.51. The Morgan fingerprint density at radius 1 is 1.40 bits per heavy atom. The Bertz CT molecular complexity index is 113. The molecule has 0 aliphatic heterocycles. The highest BCUT2D eigenvalue weighted by molar-refractivity contribution is 5.01. The van der Waals surface area contributed by atoms with Crippen LogP contribution in [0, 0.1) is 5.92 Å². The molecule has 0 spiro atoms. The minimum atomic E-state index is 0.850. The second kappa shape index (κ2) is 3.80. The van der Waals surface area contributed by atoms with Crippen molar-refractivity contribution in [2.75, 3.05) is 0 Å². The van der Waals surface area contributed by atoms with E-state index in [1.165, 1.54) is 44.1 Å². The van der Waals surface area contributed by atoms with Crippen LogP contribution in [0.25, 0.3) is 0 Å². The quantitative estimate of drug-likeness (QED) is 0.384. The van der Waals surface area contributed by atoms with Crippen LogP contribution in [-0.2, 0) is 0 Å². The zero-order valence-corrected chi connectivity index (χ0v) is 7.03. The van der Waals surface area contributed by atoms with Gasteiger partial charge in [0.25, 0.3) is 0 Å². The lowest BCUT2D eigenvalue weighted by atomic mass is 9.93. The molecular weight excluding hydrogens is 120 g/mol. The summed E-state index contributed by atoms with van der Waals surface area (Å²) in [7, 11) is 0. The van der Waals surface area contributed by atoms with Crippen molar-refractivity contribution in [3.05, 3.63) is 12.2 Å². The number of hydrogen-bond acceptors (Lipinski definition) is 0. The molecule has 1 aliphatic rings. The van der Waals surface area contributed by atoms with E-state index in [9.17, 15) is 0 Å². The molecule has 0 bridgehead atoms. The van der Waals surface area contributed by atoms with Crippen LogP contribution in [0.5, 0.6) is 0 Å². The van der Waals surface area contributed by atoms with Crippen LogP contribution in [0.15, 0.2) is 12.2 Å². The number of hydrogen-bond donors (Lipinski definition) is 0. The van der Waals surface area contributed by atoms with Gasteiger partial charge >= 0.3 is 0 Å². The van der Waals surface area contributed by atoms with Crippen molar-refractivity contribution in [1.82, 2.24) is 0 Å². The van der Waals surface area contributed by atoms with Crippen molar-refractivity contribution in [2.45, 2.75) is 45.4 Å². The molecule has 1 unspecified atom stereocenters. The molecule has 1 atom stereocenters. The molecule has 1 rings (SSSR count). The van der Waals surface area contributed by atoms with Gasteiger partial charge in [0.1, 0.15) is 0 Å². The highest BCUT2D eigenvalue weighted by Crippen LogP contribution is 2.28. The van der Waals surface area contributed by atoms with Gasteiger partial charge in [-0.25, -0.2) is 0 Å². The molecule has 0 nitrogen and oxygen atoms in total. The van der Waals surface area contributed by atoms with E-state index in [1.54, 1.807) is 0 Å². The second-order valence-corrected chi connectivity index (χ2v) is 3.36. The predicted octanol–water partition coefficient (Wildman–Crippen LogP) is 3.53. The Kier molecular flexibility index (Phi) is 2.98. The smallest absolute Gasteiger partial charge is 0.0209 e. The van der Waals surface area contributed by atoms with Gasteiger partial charge in [-0.15, -0.1) is 0 Å². The van der Waals surface area contributed by atoms with Gasteiger partial charge in [-0.3, -0.25) is 0 Å². The summed E-state index contributed by atoms with van der Waals surface area (Å²) in [6.07, 6.45) is 8.23. The normalized spacial score (nSPS) is 28.1. The maximum atomic E-state index is 4.13. The van der Waals surface area contributed by atoms with Crippen LogP contribution >= 0.6 is 0 Å². The van der Waals surface area contributed by atoms with Crippen LogP contribution in [0.4, 0.5) is 0 Å². The third-order valence-corrected chi connectivity index (χ3v) is 2.62. The Morgan fingerprint density at radius 3 is 2.90 bits per heavy atom. The molecule has 0 saturated heterocycles. The van der Waals surface area contributed by atoms with E-state index in [1.807, 2.05) is 0 Å². The summed E-state index contributed by atoms with van der Waals surface area (Å²) in [4.78, 5) is 0. The van der Waals surface area contributed by atoms with Gasteiger partial charge in [0.15, 0.2) is 0 Å². The number of allylic oxidation sites excluding steroid dienone is 1. The zero-order chi connectivity index (χ0) is 7.40. The third-order valence-electron chi connectivity index (χ3n) is 2.62. The molecule has 0 radical (unpaired) electrons. The van der Waals surface area contributed by atoms with Gasteiger partial charge in [-0.2, -0.15) is 0 Å². The molecule has 0 aromatic rings. The molecule has 0 amide bonds. The first-order chi connectivity index (χ1) is 4.84. The van der Waals surface area contributed by atoms with Gasteiger partial charge in [0.2, 0.25) is 0 Å². The van der Waals surface area contributed by atoms with E-state index in [0.717, 1.165) is 5.92 Å². The van der Waals surface area contributed by atoms with E-state index in [2.05, 4.69) is 13.5 Å². The average Bonchev–Trinajstić information content (AvgIpc) is 2.13. The minimum Gasteiger partial charge on any atom is -0.0996 e. The summed E-state index contributed by atoms with van der Waals surface area (Å²) in [5.74, 6) is 0.850. The molecule has 0 N–H and O–H groups in total. The molecule has 0 heterocycles. The Morgan fingerprint density at radius 2 is 2.20 bits per heavy atom. The fraction of sp³-hybridized carbons (Fsp3) is 0.800. The highest BCUT2D eigenvalue weighted by Gasteiger charge is 2.12. The van der Waals surface area contributed by atoms with Crippen molar-refractivity contribution in [1.29, 1.82) is 0 Å². The fourth-order valence-corrected chi connectivity index (χ4v) is 1.82. The van der Waals surface area contributed by atoms with Crippen molar-refractivity contribution in [3.63, 3.8) is 0 Å². The molecule has 10 heavy (non-hydrogen) atoms. The molecule has 1 fully saturated rings. The third kappa shape index (κ3) is 1.86. The van der Waals surface area contributed by atoms with Crippen LogP contribution in [-0.4, -0.2) is 0 Å². The van der Waals surface area contributed by atoms with Gasteiger partial charge in [0.05, 0.1) is 0 Å². The molecular formula is C10H18. The average molecular weight is 138 g/mol. The van der Waals surface area contributed by atoms with Crippen molar-refractivity contribution in [3.8, 4) is 0 Å². The lowest BCUT2D eigenvalue weighted by Crippen LogP contribution is -1.98. The first-order valence-corrected chi connectivity index (χ1v) is 4.52. The SMILES string of the molecule is C=C1CCCCCC1CC. The Labute approximate surface area is 64.3 Å². The van der Waals surface area contributed by atoms with E-state index in [0.29, 0.717) is 0 Å². The molecule has 1 aliphatic carbocycles. The summed E-state index contributed by atoms with van der Waals surface area (Å²) in [6.45, 7) is 6.41. The van der Waals surface area contributed by atoms with Crippen molar-refractivity contribution in [2.24, 2.45) is 5.92 Å². The lowest BCUT2D eigenvalue weighted by Gasteiger charge is -2.12. The van der Waals surface area contributed by atoms with Crippen LogP contribution in [0.2, 0.25) is 0 Å². The first-order valence-electron chi connectivity index (χ1n) is 4.52. The molecule has 0 aromatic carbocycles. The standard InChI is InChI=1S/C10H18/c1-3-10-8-6-4-5-7-9(10)2/h10H,2-8H2,1H3. The molecule has 1 saturated carbocycles. The van der Waals surface area contributed by atoms with Crippen LogP contribution in [0.1, 0.15) is 45.4 Å². The van der Waals surface area contributed by atoms with E-state index >= 15 is 0 Å². The van der Waals surface area contributed by atoms with Gasteiger partial charge in [-0.1, -0.05) is 31.9 Å². The van der Waals surface area contributed by atoms with E-state index in [-0.39, 0.29) is 0 Å². The van der Waals surface area contributed by atoms with Crippen LogP contribution in [0.3, 0.4) is 0 Å². The fourth-order valence-electron chi connectivity index (χ4n) is 1.82. The van der Waals surface area contributed by atoms with Crippen molar-refractivity contribution >= 4 is 0 Å². The minimum absolute atomic E-state index is 0.850. The topological polar surface area (TPSA) is 0 Å². The van der Waals surface area contributed by atoms with Gasteiger partial charge < -0.3 is 0 Å². The Balaban J connectivity index is 2.43. The summed E-state index contributed by atoms with van der Waals surface area (Å²) in [6, 6.07) is 0. The Hall–Kier alpha value is -0.260. The molecule has 0 heteroatoms. The van der Waals surface area contributed by atoms with Crippen molar-refractivity contribution < 1.29 is 0 Å². The summed E-state index contributed by atoms with van der Waals surface area (Å²) < 4.78 is 0. The summed E-state index contributed by atoms with van der Waals surface area (Å²) in [5, 5.41) is 0. The zero-order valence-electron chi connectivity index (χ0n) is 7.03. The first kappa shape index (κ1) is 7.84. The maximum absolute atomic E-state index is 4.13. The molecule has 58 valence electrons. The number of rotatable bonds is 1. The predicted molar refractivity (Wildman–Crippen MR) is 46.0 cm³/mol. The lowest BCUT2D eigenvalue weighted by molar-refractivity contribution is 0.534. The van der Waals surface area contributed by atoms with E-state index < -0.39 is 0 Å². The summed E-state index contributed by atoms with van der Waals surface area (Å²) >= 11 is 0. The maximum Gasteiger partial charge on any atom is -0.0209 e. The highest BCUT2D eigenvalue weighted by atomic mass is 14.2. The largest absolute Gasteiger partial charge is 0.0996 e. The van der Waals surface area contributed by atoms with Gasteiger partial charge in [0, 0.05) is 0 Å².